The Morgan fingerprint density at radius 2 is 1.88 bits per heavy atom. The highest BCUT2D eigenvalue weighted by molar-refractivity contribution is 5.94. The van der Waals surface area contributed by atoms with E-state index in [0.717, 1.165) is 18.2 Å². The number of rotatable bonds is 4. The van der Waals surface area contributed by atoms with Crippen LogP contribution in [0.5, 0.6) is 0 Å². The van der Waals surface area contributed by atoms with Crippen molar-refractivity contribution < 1.29 is 22.4 Å². The lowest BCUT2D eigenvalue weighted by Crippen LogP contribution is -2.38. The summed E-state index contributed by atoms with van der Waals surface area (Å²) < 4.78 is 51.2. The summed E-state index contributed by atoms with van der Waals surface area (Å²) >= 11 is 0. The third-order valence-electron chi connectivity index (χ3n) is 3.07. The average molecular weight is 337 g/mol. The minimum absolute atomic E-state index is 0.0745. The van der Waals surface area contributed by atoms with Crippen LogP contribution < -0.4 is 0 Å². The zero-order chi connectivity index (χ0) is 17.7. The molecule has 1 amide bonds. The maximum atomic E-state index is 12.9. The first-order chi connectivity index (χ1) is 11.3. The lowest BCUT2D eigenvalue weighted by Gasteiger charge is -2.24. The highest BCUT2D eigenvalue weighted by Crippen LogP contribution is 2.20. The number of halogens is 4. The van der Waals surface area contributed by atoms with Crippen LogP contribution >= 0.6 is 0 Å². The number of alkyl halides is 3. The van der Waals surface area contributed by atoms with Gasteiger partial charge in [-0.1, -0.05) is 12.1 Å². The molecular formula is C16H11F4N3O. The number of aromatic nitrogens is 1. The molecule has 0 bridgehead atoms. The summed E-state index contributed by atoms with van der Waals surface area (Å²) in [6.45, 7) is -1.81. The molecule has 2 rings (SSSR count). The zero-order valence-corrected chi connectivity index (χ0v) is 12.2. The van der Waals surface area contributed by atoms with E-state index in [1.165, 1.54) is 24.4 Å². The molecule has 0 saturated carbocycles. The fourth-order valence-corrected chi connectivity index (χ4v) is 2.03. The molecule has 4 nitrogen and oxygen atoms in total. The van der Waals surface area contributed by atoms with E-state index in [9.17, 15) is 22.4 Å². The number of nitriles is 1. The van der Waals surface area contributed by atoms with Gasteiger partial charge in [0.2, 0.25) is 0 Å². The predicted octanol–water partition coefficient (Wildman–Crippen LogP) is 3.30. The Kier molecular flexibility index (Phi) is 5.14. The first kappa shape index (κ1) is 17.4. The van der Waals surface area contributed by atoms with Gasteiger partial charge >= 0.3 is 6.18 Å². The molecule has 0 atom stereocenters. The highest BCUT2D eigenvalue weighted by atomic mass is 19.4. The molecule has 0 spiro atoms. The minimum atomic E-state index is -4.60. The lowest BCUT2D eigenvalue weighted by atomic mass is 10.1. The smallest absolute Gasteiger partial charge is 0.325 e. The Morgan fingerprint density at radius 1 is 1.21 bits per heavy atom. The monoisotopic (exact) mass is 337 g/mol. The molecular weight excluding hydrogens is 326 g/mol. The van der Waals surface area contributed by atoms with Gasteiger partial charge in [-0.2, -0.15) is 18.4 Å². The van der Waals surface area contributed by atoms with E-state index in [1.54, 1.807) is 6.07 Å². The molecule has 0 aliphatic carbocycles. The fourth-order valence-electron chi connectivity index (χ4n) is 2.03. The third-order valence-corrected chi connectivity index (χ3v) is 3.07. The molecule has 0 aliphatic heterocycles. The molecule has 0 aliphatic rings. The molecule has 124 valence electrons. The highest BCUT2D eigenvalue weighted by Gasteiger charge is 2.33. The van der Waals surface area contributed by atoms with Gasteiger partial charge < -0.3 is 4.90 Å². The van der Waals surface area contributed by atoms with Gasteiger partial charge in [0.05, 0.1) is 0 Å². The van der Waals surface area contributed by atoms with Crippen LogP contribution in [0, 0.1) is 17.1 Å². The van der Waals surface area contributed by atoms with Crippen LogP contribution in [-0.4, -0.2) is 28.5 Å². The van der Waals surface area contributed by atoms with E-state index >= 15 is 0 Å². The second-order valence-electron chi connectivity index (χ2n) is 4.94. The van der Waals surface area contributed by atoms with E-state index in [0.29, 0.717) is 10.5 Å². The molecule has 0 fully saturated rings. The van der Waals surface area contributed by atoms with Crippen molar-refractivity contribution in [2.45, 2.75) is 12.7 Å². The summed E-state index contributed by atoms with van der Waals surface area (Å²) in [5, 5.41) is 8.78. The molecule has 0 unspecified atom stereocenters. The van der Waals surface area contributed by atoms with Gasteiger partial charge in [0.15, 0.2) is 0 Å². The Labute approximate surface area is 135 Å². The maximum absolute atomic E-state index is 12.9. The SMILES string of the molecule is N#Cc1cc(C(=O)N(Cc2ccc(F)cc2)CC(F)(F)F)ccn1. The number of hydrogen-bond donors (Lipinski definition) is 0. The van der Waals surface area contributed by atoms with Gasteiger partial charge in [-0.25, -0.2) is 9.37 Å². The Balaban J connectivity index is 2.29. The van der Waals surface area contributed by atoms with Crippen molar-refractivity contribution in [2.75, 3.05) is 6.54 Å². The Bertz CT molecular complexity index is 766. The zero-order valence-electron chi connectivity index (χ0n) is 12.2. The summed E-state index contributed by atoms with van der Waals surface area (Å²) in [5.41, 5.74) is 0.200. The van der Waals surface area contributed by atoms with E-state index in [-0.39, 0.29) is 17.8 Å². The summed E-state index contributed by atoms with van der Waals surface area (Å²) in [5.74, 6) is -1.42. The number of amides is 1. The number of pyridine rings is 1. The van der Waals surface area contributed by atoms with Crippen molar-refractivity contribution >= 4 is 5.91 Å². The molecule has 0 N–H and O–H groups in total. The first-order valence-electron chi connectivity index (χ1n) is 6.75. The topological polar surface area (TPSA) is 57.0 Å². The molecule has 24 heavy (non-hydrogen) atoms. The standard InChI is InChI=1S/C16H11F4N3O/c17-13-3-1-11(2-4-13)9-23(10-16(18,19)20)15(24)12-5-6-22-14(7-12)8-21/h1-7H,9-10H2. The van der Waals surface area contributed by atoms with E-state index in [2.05, 4.69) is 4.98 Å². The van der Waals surface area contributed by atoms with Gasteiger partial charge in [0.25, 0.3) is 5.91 Å². The number of carbonyl (C=O) groups is 1. The molecule has 1 aromatic carbocycles. The Morgan fingerprint density at radius 3 is 2.46 bits per heavy atom. The minimum Gasteiger partial charge on any atom is -0.325 e. The van der Waals surface area contributed by atoms with E-state index in [1.807, 2.05) is 0 Å². The molecule has 1 aromatic heterocycles. The Hall–Kier alpha value is -2.95. The second-order valence-corrected chi connectivity index (χ2v) is 4.94. The van der Waals surface area contributed by atoms with E-state index < -0.39 is 24.4 Å². The lowest BCUT2D eigenvalue weighted by molar-refractivity contribution is -0.141. The average Bonchev–Trinajstić information content (AvgIpc) is 2.54. The second kappa shape index (κ2) is 7.08. The van der Waals surface area contributed by atoms with Crippen molar-refractivity contribution in [1.82, 2.24) is 9.88 Å². The normalized spacial score (nSPS) is 11.0. The molecule has 8 heteroatoms. The van der Waals surface area contributed by atoms with Crippen LogP contribution in [0.15, 0.2) is 42.6 Å². The first-order valence-corrected chi connectivity index (χ1v) is 6.75. The third kappa shape index (κ3) is 4.78. The summed E-state index contributed by atoms with van der Waals surface area (Å²) in [4.78, 5) is 16.6. The predicted molar refractivity (Wildman–Crippen MR) is 76.1 cm³/mol. The van der Waals surface area contributed by atoms with Gasteiger partial charge in [0, 0.05) is 18.3 Å². The summed E-state index contributed by atoms with van der Waals surface area (Å²) in [7, 11) is 0. The van der Waals surface area contributed by atoms with Crippen LogP contribution in [-0.2, 0) is 6.54 Å². The van der Waals surface area contributed by atoms with Crippen LogP contribution in [0.1, 0.15) is 21.6 Å². The summed E-state index contributed by atoms with van der Waals surface area (Å²) in [6.07, 6.45) is -3.42. The summed E-state index contributed by atoms with van der Waals surface area (Å²) in [6, 6.07) is 8.89. The molecule has 1 heterocycles. The number of nitrogens with zero attached hydrogens (tertiary/aromatic N) is 3. The number of carbonyl (C=O) groups excluding carboxylic acids is 1. The molecule has 2 aromatic rings. The van der Waals surface area contributed by atoms with Crippen molar-refractivity contribution in [3.8, 4) is 6.07 Å². The van der Waals surface area contributed by atoms with Gasteiger partial charge in [0.1, 0.15) is 24.1 Å². The van der Waals surface area contributed by atoms with Crippen molar-refractivity contribution in [3.05, 3.63) is 65.2 Å². The van der Waals surface area contributed by atoms with Crippen molar-refractivity contribution in [2.24, 2.45) is 0 Å². The molecule has 0 saturated heterocycles. The van der Waals surface area contributed by atoms with Crippen LogP contribution in [0.2, 0.25) is 0 Å². The van der Waals surface area contributed by atoms with Crippen molar-refractivity contribution in [3.63, 3.8) is 0 Å². The number of hydrogen-bond acceptors (Lipinski definition) is 3. The number of benzene rings is 1. The van der Waals surface area contributed by atoms with Crippen molar-refractivity contribution in [1.29, 1.82) is 5.26 Å². The van der Waals surface area contributed by atoms with Crippen LogP contribution in [0.3, 0.4) is 0 Å². The van der Waals surface area contributed by atoms with Crippen LogP contribution in [0.4, 0.5) is 17.6 Å². The van der Waals surface area contributed by atoms with Crippen LogP contribution in [0.25, 0.3) is 0 Å². The van der Waals surface area contributed by atoms with E-state index in [4.69, 9.17) is 5.26 Å². The van der Waals surface area contributed by atoms with Gasteiger partial charge in [-0.3, -0.25) is 4.79 Å². The largest absolute Gasteiger partial charge is 0.406 e. The fraction of sp³-hybridized carbons (Fsp3) is 0.188. The van der Waals surface area contributed by atoms with Gasteiger partial charge in [-0.15, -0.1) is 0 Å². The maximum Gasteiger partial charge on any atom is 0.406 e. The molecule has 0 radical (unpaired) electrons. The van der Waals surface area contributed by atoms with Gasteiger partial charge in [-0.05, 0) is 29.8 Å². The quantitative estimate of drug-likeness (QED) is 0.805.